The Morgan fingerprint density at radius 3 is 2.71 bits per heavy atom. The third-order valence-electron chi connectivity index (χ3n) is 2.14. The Balaban J connectivity index is 2.61. The number of hydrogen-bond donors (Lipinski definition) is 2. The summed E-state index contributed by atoms with van der Waals surface area (Å²) in [5.74, 6) is -0.766. The number of nitrogens with one attached hydrogen (secondary N) is 1. The monoisotopic (exact) mass is 236 g/mol. The SMILES string of the molecule is CCOCCC(=O)Nc1ccccc1C(N)=O. The van der Waals surface area contributed by atoms with Gasteiger partial charge >= 0.3 is 0 Å². The molecule has 0 aromatic heterocycles. The summed E-state index contributed by atoms with van der Waals surface area (Å²) >= 11 is 0. The van der Waals surface area contributed by atoms with Gasteiger partial charge in [-0.25, -0.2) is 0 Å². The normalized spacial score (nSPS) is 9.94. The lowest BCUT2D eigenvalue weighted by molar-refractivity contribution is -0.117. The Morgan fingerprint density at radius 1 is 1.35 bits per heavy atom. The van der Waals surface area contributed by atoms with Crippen LogP contribution in [0.4, 0.5) is 5.69 Å². The molecule has 0 saturated heterocycles. The molecule has 0 fully saturated rings. The maximum Gasteiger partial charge on any atom is 0.250 e. The van der Waals surface area contributed by atoms with Crippen LogP contribution in [0.15, 0.2) is 24.3 Å². The van der Waals surface area contributed by atoms with E-state index in [4.69, 9.17) is 10.5 Å². The Labute approximate surface area is 99.9 Å². The van der Waals surface area contributed by atoms with E-state index in [9.17, 15) is 9.59 Å². The number of anilines is 1. The first kappa shape index (κ1) is 13.2. The smallest absolute Gasteiger partial charge is 0.250 e. The Bertz CT molecular complexity index is 404. The number of primary amides is 1. The second kappa shape index (κ2) is 6.65. The van der Waals surface area contributed by atoms with Crippen molar-refractivity contribution in [2.24, 2.45) is 5.73 Å². The first-order chi connectivity index (χ1) is 8.15. The van der Waals surface area contributed by atoms with E-state index in [0.717, 1.165) is 0 Å². The van der Waals surface area contributed by atoms with E-state index in [1.54, 1.807) is 24.3 Å². The van der Waals surface area contributed by atoms with Crippen molar-refractivity contribution < 1.29 is 14.3 Å². The molecule has 0 saturated carbocycles. The fraction of sp³-hybridized carbons (Fsp3) is 0.333. The van der Waals surface area contributed by atoms with Crippen molar-refractivity contribution in [1.82, 2.24) is 0 Å². The van der Waals surface area contributed by atoms with Crippen LogP contribution in [0, 0.1) is 0 Å². The number of rotatable bonds is 6. The second-order valence-corrected chi connectivity index (χ2v) is 3.40. The molecule has 92 valence electrons. The third-order valence-corrected chi connectivity index (χ3v) is 2.14. The molecule has 0 radical (unpaired) electrons. The summed E-state index contributed by atoms with van der Waals surface area (Å²) in [7, 11) is 0. The van der Waals surface area contributed by atoms with Crippen molar-refractivity contribution in [2.45, 2.75) is 13.3 Å². The predicted octanol–water partition coefficient (Wildman–Crippen LogP) is 1.15. The zero-order valence-electron chi connectivity index (χ0n) is 9.73. The first-order valence-corrected chi connectivity index (χ1v) is 5.41. The van der Waals surface area contributed by atoms with Crippen LogP contribution in [-0.2, 0) is 9.53 Å². The highest BCUT2D eigenvalue weighted by Gasteiger charge is 2.09. The molecule has 0 atom stereocenters. The van der Waals surface area contributed by atoms with Gasteiger partial charge in [0.25, 0.3) is 5.91 Å². The van der Waals surface area contributed by atoms with Crippen LogP contribution < -0.4 is 11.1 Å². The molecule has 0 aliphatic carbocycles. The molecule has 3 N–H and O–H groups in total. The van der Waals surface area contributed by atoms with Gasteiger partial charge in [-0.05, 0) is 19.1 Å². The first-order valence-electron chi connectivity index (χ1n) is 5.41. The van der Waals surface area contributed by atoms with Crippen molar-refractivity contribution >= 4 is 17.5 Å². The lowest BCUT2D eigenvalue weighted by atomic mass is 10.1. The van der Waals surface area contributed by atoms with Crippen LogP contribution in [0.5, 0.6) is 0 Å². The van der Waals surface area contributed by atoms with Crippen LogP contribution in [-0.4, -0.2) is 25.0 Å². The molecule has 1 aromatic carbocycles. The van der Waals surface area contributed by atoms with E-state index in [1.807, 2.05) is 6.92 Å². The van der Waals surface area contributed by atoms with Crippen molar-refractivity contribution in [3.8, 4) is 0 Å². The number of carbonyl (C=O) groups is 2. The lowest BCUT2D eigenvalue weighted by Crippen LogP contribution is -2.19. The molecule has 1 rings (SSSR count). The summed E-state index contributed by atoms with van der Waals surface area (Å²) < 4.78 is 5.07. The fourth-order valence-electron chi connectivity index (χ4n) is 1.33. The molecule has 0 bridgehead atoms. The van der Waals surface area contributed by atoms with E-state index in [2.05, 4.69) is 5.32 Å². The minimum atomic E-state index is -0.564. The zero-order chi connectivity index (χ0) is 12.7. The standard InChI is InChI=1S/C12H16N2O3/c1-2-17-8-7-11(15)14-10-6-4-3-5-9(10)12(13)16/h3-6H,2,7-8H2,1H3,(H2,13,16)(H,14,15). The maximum atomic E-state index is 11.5. The van der Waals surface area contributed by atoms with Gasteiger partial charge in [0, 0.05) is 6.61 Å². The van der Waals surface area contributed by atoms with Gasteiger partial charge in [0.1, 0.15) is 0 Å². The molecular weight excluding hydrogens is 220 g/mol. The zero-order valence-corrected chi connectivity index (χ0v) is 9.73. The molecule has 0 aliphatic heterocycles. The topological polar surface area (TPSA) is 81.4 Å². The number of hydrogen-bond acceptors (Lipinski definition) is 3. The average Bonchev–Trinajstić information content (AvgIpc) is 2.29. The molecule has 0 spiro atoms. The summed E-state index contributed by atoms with van der Waals surface area (Å²) in [6, 6.07) is 6.62. The van der Waals surface area contributed by atoms with Gasteiger partial charge < -0.3 is 15.8 Å². The van der Waals surface area contributed by atoms with E-state index in [0.29, 0.717) is 24.5 Å². The highest BCUT2D eigenvalue weighted by Crippen LogP contribution is 2.14. The largest absolute Gasteiger partial charge is 0.381 e. The minimum Gasteiger partial charge on any atom is -0.381 e. The van der Waals surface area contributed by atoms with Gasteiger partial charge in [-0.2, -0.15) is 0 Å². The van der Waals surface area contributed by atoms with Gasteiger partial charge in [-0.1, -0.05) is 12.1 Å². The van der Waals surface area contributed by atoms with E-state index in [1.165, 1.54) is 0 Å². The second-order valence-electron chi connectivity index (χ2n) is 3.40. The summed E-state index contributed by atoms with van der Waals surface area (Å²) in [6.45, 7) is 2.80. The van der Waals surface area contributed by atoms with Gasteiger partial charge in [0.15, 0.2) is 0 Å². The lowest BCUT2D eigenvalue weighted by Gasteiger charge is -2.08. The van der Waals surface area contributed by atoms with Crippen LogP contribution >= 0.6 is 0 Å². The summed E-state index contributed by atoms with van der Waals surface area (Å²) in [4.78, 5) is 22.6. The Morgan fingerprint density at radius 2 is 2.06 bits per heavy atom. The average molecular weight is 236 g/mol. The van der Waals surface area contributed by atoms with Gasteiger partial charge in [0.2, 0.25) is 5.91 Å². The van der Waals surface area contributed by atoms with Crippen molar-refractivity contribution in [3.63, 3.8) is 0 Å². The molecule has 2 amide bonds. The van der Waals surface area contributed by atoms with Crippen LogP contribution in [0.25, 0.3) is 0 Å². The van der Waals surface area contributed by atoms with Crippen LogP contribution in [0.1, 0.15) is 23.7 Å². The predicted molar refractivity (Wildman–Crippen MR) is 64.7 cm³/mol. The fourth-order valence-corrected chi connectivity index (χ4v) is 1.33. The molecule has 17 heavy (non-hydrogen) atoms. The number of amides is 2. The molecule has 0 heterocycles. The van der Waals surface area contributed by atoms with E-state index < -0.39 is 5.91 Å². The molecular formula is C12H16N2O3. The van der Waals surface area contributed by atoms with Gasteiger partial charge in [0.05, 0.1) is 24.3 Å². The molecule has 5 heteroatoms. The summed E-state index contributed by atoms with van der Waals surface area (Å²) in [6.07, 6.45) is 0.251. The third kappa shape index (κ3) is 4.24. The van der Waals surface area contributed by atoms with E-state index in [-0.39, 0.29) is 12.3 Å². The molecule has 1 aromatic rings. The number of para-hydroxylation sites is 1. The molecule has 0 unspecified atom stereocenters. The maximum absolute atomic E-state index is 11.5. The number of benzene rings is 1. The minimum absolute atomic E-state index is 0.202. The Kier molecular flexibility index (Phi) is 5.16. The number of ether oxygens (including phenoxy) is 1. The van der Waals surface area contributed by atoms with Gasteiger partial charge in [-0.3, -0.25) is 9.59 Å². The van der Waals surface area contributed by atoms with Crippen LogP contribution in [0.2, 0.25) is 0 Å². The summed E-state index contributed by atoms with van der Waals surface area (Å²) in [5, 5.41) is 2.63. The quantitative estimate of drug-likeness (QED) is 0.727. The molecule has 5 nitrogen and oxygen atoms in total. The Hall–Kier alpha value is -1.88. The summed E-state index contributed by atoms with van der Waals surface area (Å²) in [5.41, 5.74) is 5.93. The van der Waals surface area contributed by atoms with Crippen molar-refractivity contribution in [3.05, 3.63) is 29.8 Å². The van der Waals surface area contributed by atoms with Gasteiger partial charge in [-0.15, -0.1) is 0 Å². The number of carbonyl (C=O) groups excluding carboxylic acids is 2. The molecule has 0 aliphatic rings. The highest BCUT2D eigenvalue weighted by molar-refractivity contribution is 6.02. The van der Waals surface area contributed by atoms with Crippen molar-refractivity contribution in [2.75, 3.05) is 18.5 Å². The van der Waals surface area contributed by atoms with E-state index >= 15 is 0 Å². The highest BCUT2D eigenvalue weighted by atomic mass is 16.5. The number of nitrogens with two attached hydrogens (primary N) is 1. The van der Waals surface area contributed by atoms with Crippen LogP contribution in [0.3, 0.4) is 0 Å². The van der Waals surface area contributed by atoms with Crippen molar-refractivity contribution in [1.29, 1.82) is 0 Å².